The van der Waals surface area contributed by atoms with E-state index in [1.807, 2.05) is 0 Å². The number of ketones is 1. The topological polar surface area (TPSA) is 52.3 Å². The van der Waals surface area contributed by atoms with Gasteiger partial charge in [-0.2, -0.15) is 0 Å². The molecule has 20 heavy (non-hydrogen) atoms. The van der Waals surface area contributed by atoms with Crippen LogP contribution in [0.25, 0.3) is 0 Å². The van der Waals surface area contributed by atoms with Crippen LogP contribution in [0.15, 0.2) is 30.3 Å². The van der Waals surface area contributed by atoms with E-state index in [0.717, 1.165) is 6.07 Å². The number of carbonyl (C=O) groups excluding carboxylic acids is 1. The lowest BCUT2D eigenvalue weighted by Gasteiger charge is -2.10. The second-order valence-electron chi connectivity index (χ2n) is 4.35. The molecule has 0 heterocycles. The first kappa shape index (κ1) is 14.3. The van der Waals surface area contributed by atoms with Gasteiger partial charge >= 0.3 is 0 Å². The maximum Gasteiger partial charge on any atom is 0.196 e. The number of halogens is 2. The highest BCUT2D eigenvalue weighted by Crippen LogP contribution is 2.27. The van der Waals surface area contributed by atoms with Crippen LogP contribution in [0.4, 0.5) is 10.1 Å². The highest BCUT2D eigenvalue weighted by Gasteiger charge is 2.17. The first-order valence-corrected chi connectivity index (χ1v) is 6.25. The molecule has 0 bridgehead atoms. The Morgan fingerprint density at radius 1 is 1.30 bits per heavy atom. The molecule has 2 N–H and O–H groups in total. The molecular formula is C15H13ClFNO2. The summed E-state index contributed by atoms with van der Waals surface area (Å²) in [6.07, 6.45) is 0. The summed E-state index contributed by atoms with van der Waals surface area (Å²) in [4.78, 5) is 12.4. The van der Waals surface area contributed by atoms with Crippen LogP contribution in [-0.4, -0.2) is 12.9 Å². The number of hydrogen-bond acceptors (Lipinski definition) is 3. The van der Waals surface area contributed by atoms with Crippen molar-refractivity contribution in [2.45, 2.75) is 6.92 Å². The fourth-order valence-electron chi connectivity index (χ4n) is 1.84. The van der Waals surface area contributed by atoms with Gasteiger partial charge in [0.05, 0.1) is 12.7 Å². The van der Waals surface area contributed by atoms with Crippen molar-refractivity contribution < 1.29 is 13.9 Å². The number of ether oxygens (including phenoxy) is 1. The van der Waals surface area contributed by atoms with Crippen molar-refractivity contribution in [1.29, 1.82) is 0 Å². The normalized spacial score (nSPS) is 10.4. The minimum Gasteiger partial charge on any atom is -0.496 e. The summed E-state index contributed by atoms with van der Waals surface area (Å²) in [5, 5.41) is 0.398. The molecular weight excluding hydrogens is 281 g/mol. The highest BCUT2D eigenvalue weighted by atomic mass is 35.5. The number of anilines is 1. The lowest BCUT2D eigenvalue weighted by molar-refractivity contribution is 0.103. The standard InChI is InChI=1S/C15H13ClFNO2/c1-8-12(17)5-9(6-13(8)18)15(19)11-7-10(16)3-4-14(11)20-2/h3-7H,18H2,1-2H3. The van der Waals surface area contributed by atoms with Crippen molar-refractivity contribution in [1.82, 2.24) is 0 Å². The smallest absolute Gasteiger partial charge is 0.196 e. The third kappa shape index (κ3) is 2.60. The lowest BCUT2D eigenvalue weighted by Crippen LogP contribution is -2.06. The van der Waals surface area contributed by atoms with Crippen LogP contribution >= 0.6 is 11.6 Å². The maximum absolute atomic E-state index is 13.7. The Morgan fingerprint density at radius 2 is 2.00 bits per heavy atom. The molecule has 0 radical (unpaired) electrons. The summed E-state index contributed by atoms with van der Waals surface area (Å²) < 4.78 is 18.8. The Hall–Kier alpha value is -2.07. The van der Waals surface area contributed by atoms with E-state index in [2.05, 4.69) is 0 Å². The number of methoxy groups -OCH3 is 1. The van der Waals surface area contributed by atoms with Gasteiger partial charge in [0.15, 0.2) is 5.78 Å². The minimum atomic E-state index is -0.519. The van der Waals surface area contributed by atoms with Gasteiger partial charge in [-0.05, 0) is 37.3 Å². The van der Waals surface area contributed by atoms with Crippen LogP contribution in [0.2, 0.25) is 5.02 Å². The van der Waals surface area contributed by atoms with E-state index in [1.54, 1.807) is 19.1 Å². The van der Waals surface area contributed by atoms with E-state index in [9.17, 15) is 9.18 Å². The predicted molar refractivity (Wildman–Crippen MR) is 77.0 cm³/mol. The molecule has 104 valence electrons. The van der Waals surface area contributed by atoms with Gasteiger partial charge in [0.2, 0.25) is 0 Å². The average Bonchev–Trinajstić information content (AvgIpc) is 2.43. The summed E-state index contributed by atoms with van der Waals surface area (Å²) in [7, 11) is 1.45. The average molecular weight is 294 g/mol. The molecule has 0 fully saturated rings. The van der Waals surface area contributed by atoms with E-state index in [0.29, 0.717) is 16.3 Å². The van der Waals surface area contributed by atoms with Crippen molar-refractivity contribution in [3.8, 4) is 5.75 Å². The Kier molecular flexibility index (Phi) is 3.95. The van der Waals surface area contributed by atoms with E-state index in [-0.39, 0.29) is 16.8 Å². The zero-order valence-corrected chi connectivity index (χ0v) is 11.8. The summed E-state index contributed by atoms with van der Waals surface area (Å²) in [6, 6.07) is 7.29. The Balaban J connectivity index is 2.54. The molecule has 0 aliphatic rings. The zero-order chi connectivity index (χ0) is 14.9. The molecule has 0 unspecified atom stereocenters. The third-order valence-corrected chi connectivity index (χ3v) is 3.29. The van der Waals surface area contributed by atoms with E-state index in [1.165, 1.54) is 19.2 Å². The fourth-order valence-corrected chi connectivity index (χ4v) is 2.02. The van der Waals surface area contributed by atoms with Crippen LogP contribution in [0.3, 0.4) is 0 Å². The van der Waals surface area contributed by atoms with Gasteiger partial charge in [-0.25, -0.2) is 4.39 Å². The fraction of sp³-hybridized carbons (Fsp3) is 0.133. The summed E-state index contributed by atoms with van der Waals surface area (Å²) >= 11 is 5.89. The molecule has 3 nitrogen and oxygen atoms in total. The summed E-state index contributed by atoms with van der Waals surface area (Å²) in [5.74, 6) is -0.539. The second-order valence-corrected chi connectivity index (χ2v) is 4.78. The number of benzene rings is 2. The SMILES string of the molecule is COc1ccc(Cl)cc1C(=O)c1cc(N)c(C)c(F)c1. The molecule has 2 rings (SSSR count). The number of hydrogen-bond donors (Lipinski definition) is 1. The lowest BCUT2D eigenvalue weighted by atomic mass is 10.00. The minimum absolute atomic E-state index is 0.158. The van der Waals surface area contributed by atoms with Crippen molar-refractivity contribution >= 4 is 23.1 Å². The van der Waals surface area contributed by atoms with Gasteiger partial charge in [-0.3, -0.25) is 4.79 Å². The molecule has 0 atom stereocenters. The monoisotopic (exact) mass is 293 g/mol. The number of nitrogen functional groups attached to an aromatic ring is 1. The molecule has 0 spiro atoms. The van der Waals surface area contributed by atoms with Gasteiger partial charge < -0.3 is 10.5 Å². The molecule has 0 saturated carbocycles. The molecule has 0 saturated heterocycles. The molecule has 0 aromatic heterocycles. The highest BCUT2D eigenvalue weighted by molar-refractivity contribution is 6.31. The third-order valence-electron chi connectivity index (χ3n) is 3.05. The Labute approximate surface area is 121 Å². The van der Waals surface area contributed by atoms with Gasteiger partial charge in [0.25, 0.3) is 0 Å². The first-order chi connectivity index (χ1) is 9.43. The van der Waals surface area contributed by atoms with Crippen LogP contribution in [0.1, 0.15) is 21.5 Å². The largest absolute Gasteiger partial charge is 0.496 e. The first-order valence-electron chi connectivity index (χ1n) is 5.88. The predicted octanol–water partition coefficient (Wildman–Crippen LogP) is 3.61. The van der Waals surface area contributed by atoms with E-state index < -0.39 is 11.6 Å². The van der Waals surface area contributed by atoms with Gasteiger partial charge in [0.1, 0.15) is 11.6 Å². The van der Waals surface area contributed by atoms with Crippen molar-refractivity contribution in [2.24, 2.45) is 0 Å². The molecule has 0 aliphatic carbocycles. The van der Waals surface area contributed by atoms with Gasteiger partial charge in [-0.15, -0.1) is 0 Å². The van der Waals surface area contributed by atoms with Gasteiger partial charge in [-0.1, -0.05) is 11.6 Å². The van der Waals surface area contributed by atoms with Crippen molar-refractivity contribution in [2.75, 3.05) is 12.8 Å². The number of nitrogens with two attached hydrogens (primary N) is 1. The van der Waals surface area contributed by atoms with Crippen LogP contribution < -0.4 is 10.5 Å². The van der Waals surface area contributed by atoms with Crippen LogP contribution in [0.5, 0.6) is 5.75 Å². The molecule has 0 amide bonds. The molecule has 0 aliphatic heterocycles. The quantitative estimate of drug-likeness (QED) is 0.695. The number of carbonyl (C=O) groups is 1. The maximum atomic E-state index is 13.7. The Morgan fingerprint density at radius 3 is 2.60 bits per heavy atom. The summed E-state index contributed by atoms with van der Waals surface area (Å²) in [6.45, 7) is 1.55. The van der Waals surface area contributed by atoms with Crippen LogP contribution in [-0.2, 0) is 0 Å². The van der Waals surface area contributed by atoms with E-state index >= 15 is 0 Å². The Bertz CT molecular complexity index is 663. The molecule has 2 aromatic rings. The summed E-state index contributed by atoms with van der Waals surface area (Å²) in [5.41, 5.74) is 6.66. The zero-order valence-electron chi connectivity index (χ0n) is 11.0. The van der Waals surface area contributed by atoms with Crippen molar-refractivity contribution in [3.05, 3.63) is 57.9 Å². The van der Waals surface area contributed by atoms with Crippen molar-refractivity contribution in [3.63, 3.8) is 0 Å². The molecule has 2 aromatic carbocycles. The number of rotatable bonds is 3. The van der Waals surface area contributed by atoms with E-state index in [4.69, 9.17) is 22.1 Å². The van der Waals surface area contributed by atoms with Crippen LogP contribution in [0, 0.1) is 12.7 Å². The second kappa shape index (κ2) is 5.51. The van der Waals surface area contributed by atoms with Gasteiger partial charge in [0, 0.05) is 21.8 Å². The molecule has 5 heteroatoms.